The third-order valence-corrected chi connectivity index (χ3v) is 2.22. The Kier molecular flexibility index (Phi) is 3.28. The predicted octanol–water partition coefficient (Wildman–Crippen LogP) is 2.03. The quantitative estimate of drug-likeness (QED) is 0.738. The van der Waals surface area contributed by atoms with Crippen molar-refractivity contribution in [1.29, 1.82) is 0 Å². The van der Waals surface area contributed by atoms with E-state index in [2.05, 4.69) is 10.2 Å². The van der Waals surface area contributed by atoms with Crippen LogP contribution in [0.25, 0.3) is 11.5 Å². The van der Waals surface area contributed by atoms with Crippen LogP contribution in [0.3, 0.4) is 0 Å². The van der Waals surface area contributed by atoms with E-state index in [-0.39, 0.29) is 6.29 Å². The Bertz CT molecular complexity index is 421. The number of benzene rings is 1. The minimum Gasteiger partial charge on any atom is -0.423 e. The molecule has 0 aliphatic rings. The van der Waals surface area contributed by atoms with Gasteiger partial charge in [-0.25, -0.2) is 0 Å². The van der Waals surface area contributed by atoms with Gasteiger partial charge in [-0.1, -0.05) is 12.1 Å². The smallest absolute Gasteiger partial charge is 0.247 e. The van der Waals surface area contributed by atoms with Gasteiger partial charge in [-0.3, -0.25) is 0 Å². The molecule has 0 aliphatic heterocycles. The van der Waals surface area contributed by atoms with Gasteiger partial charge >= 0.3 is 0 Å². The topological polar surface area (TPSA) is 57.4 Å². The van der Waals surface area contributed by atoms with Crippen LogP contribution >= 0.6 is 0 Å². The molecule has 5 nitrogen and oxygen atoms in total. The predicted molar refractivity (Wildman–Crippen MR) is 56.5 cm³/mol. The molecule has 0 amide bonds. The van der Waals surface area contributed by atoms with Gasteiger partial charge in [0.2, 0.25) is 12.3 Å². The van der Waals surface area contributed by atoms with Crippen LogP contribution < -0.4 is 0 Å². The largest absolute Gasteiger partial charge is 0.423 e. The first kappa shape index (κ1) is 10.8. The number of hydrogen-bond acceptors (Lipinski definition) is 5. The highest BCUT2D eigenvalue weighted by Crippen LogP contribution is 2.21. The summed E-state index contributed by atoms with van der Waals surface area (Å²) in [7, 11) is 3.19. The molecule has 0 aliphatic carbocycles. The first-order chi connectivity index (χ1) is 7.85. The van der Waals surface area contributed by atoms with Crippen LogP contribution in [0.5, 0.6) is 0 Å². The number of methoxy groups -OCH3 is 2. The number of hydrogen-bond donors (Lipinski definition) is 0. The molecule has 0 fully saturated rings. The van der Waals surface area contributed by atoms with Crippen LogP contribution in [0.4, 0.5) is 0 Å². The fourth-order valence-corrected chi connectivity index (χ4v) is 1.45. The lowest BCUT2D eigenvalue weighted by Gasteiger charge is -2.13. The highest BCUT2D eigenvalue weighted by atomic mass is 16.7. The Morgan fingerprint density at radius 2 is 1.81 bits per heavy atom. The molecule has 0 N–H and O–H groups in total. The number of ether oxygens (including phenoxy) is 2. The molecule has 0 atom stereocenters. The Morgan fingerprint density at radius 3 is 2.31 bits per heavy atom. The summed E-state index contributed by atoms with van der Waals surface area (Å²) in [6, 6.07) is 7.57. The minimum absolute atomic E-state index is 0.350. The molecule has 0 saturated heterocycles. The van der Waals surface area contributed by atoms with E-state index in [1.165, 1.54) is 6.39 Å². The Hall–Kier alpha value is -1.72. The van der Waals surface area contributed by atoms with Crippen LogP contribution in [0.15, 0.2) is 35.1 Å². The summed E-state index contributed by atoms with van der Waals surface area (Å²) in [6.45, 7) is 0. The van der Waals surface area contributed by atoms with Gasteiger partial charge in [0.25, 0.3) is 0 Å². The van der Waals surface area contributed by atoms with E-state index in [0.717, 1.165) is 11.1 Å². The maximum absolute atomic E-state index is 5.14. The van der Waals surface area contributed by atoms with Crippen molar-refractivity contribution in [3.05, 3.63) is 36.2 Å². The molecule has 1 heterocycles. The molecule has 1 aromatic carbocycles. The van der Waals surface area contributed by atoms with E-state index < -0.39 is 0 Å². The van der Waals surface area contributed by atoms with Gasteiger partial charge in [0.15, 0.2) is 6.29 Å². The lowest BCUT2D eigenvalue weighted by Crippen LogP contribution is -2.03. The first-order valence-corrected chi connectivity index (χ1v) is 4.77. The fraction of sp³-hybridized carbons (Fsp3) is 0.273. The molecular formula is C11H12N2O3. The van der Waals surface area contributed by atoms with Crippen molar-refractivity contribution in [2.75, 3.05) is 14.2 Å². The van der Waals surface area contributed by atoms with Crippen LogP contribution in [0, 0.1) is 0 Å². The summed E-state index contributed by atoms with van der Waals surface area (Å²) in [6.07, 6.45) is 0.952. The molecule has 0 spiro atoms. The molecule has 1 aromatic heterocycles. The summed E-state index contributed by atoms with van der Waals surface area (Å²) in [5, 5.41) is 7.44. The average Bonchev–Trinajstić information content (AvgIpc) is 2.85. The van der Waals surface area contributed by atoms with E-state index in [9.17, 15) is 0 Å². The summed E-state index contributed by atoms with van der Waals surface area (Å²) >= 11 is 0. The van der Waals surface area contributed by atoms with E-state index >= 15 is 0 Å². The first-order valence-electron chi connectivity index (χ1n) is 4.77. The van der Waals surface area contributed by atoms with Crippen molar-refractivity contribution >= 4 is 0 Å². The lowest BCUT2D eigenvalue weighted by molar-refractivity contribution is -0.106. The summed E-state index contributed by atoms with van der Waals surface area (Å²) in [5.41, 5.74) is 1.81. The maximum atomic E-state index is 5.14. The van der Waals surface area contributed by atoms with Gasteiger partial charge in [-0.05, 0) is 12.1 Å². The molecule has 16 heavy (non-hydrogen) atoms. The third kappa shape index (κ3) is 2.10. The van der Waals surface area contributed by atoms with Crippen molar-refractivity contribution in [3.8, 4) is 11.5 Å². The zero-order valence-corrected chi connectivity index (χ0v) is 9.08. The maximum Gasteiger partial charge on any atom is 0.247 e. The fourth-order valence-electron chi connectivity index (χ4n) is 1.45. The second kappa shape index (κ2) is 4.87. The van der Waals surface area contributed by atoms with Gasteiger partial charge in [-0.2, -0.15) is 0 Å². The van der Waals surface area contributed by atoms with Crippen LogP contribution in [0.1, 0.15) is 11.9 Å². The molecule has 84 valence electrons. The average molecular weight is 220 g/mol. The van der Waals surface area contributed by atoms with E-state index in [0.29, 0.717) is 5.89 Å². The second-order valence-electron chi connectivity index (χ2n) is 3.17. The summed E-state index contributed by atoms with van der Waals surface area (Å²) < 4.78 is 15.4. The Labute approximate surface area is 93.0 Å². The molecule has 0 radical (unpaired) electrons. The number of aromatic nitrogens is 2. The third-order valence-electron chi connectivity index (χ3n) is 2.22. The monoisotopic (exact) mass is 220 g/mol. The van der Waals surface area contributed by atoms with E-state index in [1.807, 2.05) is 24.3 Å². The number of rotatable bonds is 4. The summed E-state index contributed by atoms with van der Waals surface area (Å²) in [5.74, 6) is 0.498. The second-order valence-corrected chi connectivity index (χ2v) is 3.17. The Balaban J connectivity index is 2.22. The van der Waals surface area contributed by atoms with Gasteiger partial charge in [-0.15, -0.1) is 10.2 Å². The summed E-state index contributed by atoms with van der Waals surface area (Å²) in [4.78, 5) is 0. The van der Waals surface area contributed by atoms with Gasteiger partial charge in [0.05, 0.1) is 0 Å². The molecule has 2 rings (SSSR count). The molecule has 0 bridgehead atoms. The molecule has 0 unspecified atom stereocenters. The van der Waals surface area contributed by atoms with E-state index in [4.69, 9.17) is 13.9 Å². The van der Waals surface area contributed by atoms with Crippen molar-refractivity contribution in [2.45, 2.75) is 6.29 Å². The highest BCUT2D eigenvalue weighted by Gasteiger charge is 2.09. The lowest BCUT2D eigenvalue weighted by atomic mass is 10.1. The van der Waals surface area contributed by atoms with Crippen LogP contribution in [0.2, 0.25) is 0 Å². The molecule has 5 heteroatoms. The van der Waals surface area contributed by atoms with Gasteiger partial charge in [0.1, 0.15) is 0 Å². The minimum atomic E-state index is -0.350. The van der Waals surface area contributed by atoms with E-state index in [1.54, 1.807) is 14.2 Å². The van der Waals surface area contributed by atoms with Crippen molar-refractivity contribution in [3.63, 3.8) is 0 Å². The van der Waals surface area contributed by atoms with Crippen molar-refractivity contribution in [1.82, 2.24) is 10.2 Å². The van der Waals surface area contributed by atoms with Crippen molar-refractivity contribution < 1.29 is 13.9 Å². The standard InChI is InChI=1S/C11H12N2O3/c1-14-11(15-2)9-5-3-8(4-6-9)10-13-12-7-16-10/h3-7,11H,1-2H3. The molecule has 2 aromatic rings. The molecule has 0 saturated carbocycles. The number of nitrogens with zero attached hydrogens (tertiary/aromatic N) is 2. The van der Waals surface area contributed by atoms with Crippen molar-refractivity contribution in [2.24, 2.45) is 0 Å². The van der Waals surface area contributed by atoms with Gasteiger partial charge in [0, 0.05) is 25.3 Å². The zero-order valence-electron chi connectivity index (χ0n) is 9.08. The highest BCUT2D eigenvalue weighted by molar-refractivity contribution is 5.52. The normalized spacial score (nSPS) is 10.9. The Morgan fingerprint density at radius 1 is 1.12 bits per heavy atom. The molecular weight excluding hydrogens is 208 g/mol. The van der Waals surface area contributed by atoms with Gasteiger partial charge < -0.3 is 13.9 Å². The van der Waals surface area contributed by atoms with Crippen LogP contribution in [-0.4, -0.2) is 24.4 Å². The SMILES string of the molecule is COC(OC)c1ccc(-c2nnco2)cc1. The zero-order chi connectivity index (χ0) is 11.4. The van der Waals surface area contributed by atoms with Crippen LogP contribution in [-0.2, 0) is 9.47 Å².